The van der Waals surface area contributed by atoms with Crippen LogP contribution in [0.5, 0.6) is 0 Å². The summed E-state index contributed by atoms with van der Waals surface area (Å²) in [5.74, 6) is 0.381. The molecule has 1 aromatic heterocycles. The Labute approximate surface area is 72.1 Å². The second-order valence-electron chi connectivity index (χ2n) is 1.87. The van der Waals surface area contributed by atoms with E-state index in [0.29, 0.717) is 17.6 Å². The molecule has 5 heteroatoms. The predicted octanol–water partition coefficient (Wildman–Crippen LogP) is 1.40. The Morgan fingerprint density at radius 3 is 3.18 bits per heavy atom. The fraction of sp³-hybridized carbons (Fsp3) is 0.333. The molecule has 0 spiro atoms. The van der Waals surface area contributed by atoms with Crippen molar-refractivity contribution in [3.63, 3.8) is 0 Å². The van der Waals surface area contributed by atoms with Crippen LogP contribution in [0.1, 0.15) is 6.42 Å². The zero-order valence-corrected chi connectivity index (χ0v) is 7.30. The molecule has 0 aliphatic rings. The van der Waals surface area contributed by atoms with Crippen LogP contribution >= 0.6 is 15.9 Å². The van der Waals surface area contributed by atoms with Crippen molar-refractivity contribution >= 4 is 27.7 Å². The molecule has 0 saturated carbocycles. The first-order valence-electron chi connectivity index (χ1n) is 3.09. The van der Waals surface area contributed by atoms with Crippen molar-refractivity contribution < 1.29 is 9.32 Å². The van der Waals surface area contributed by atoms with Gasteiger partial charge in [0.2, 0.25) is 5.91 Å². The van der Waals surface area contributed by atoms with Gasteiger partial charge in [-0.25, -0.2) is 0 Å². The van der Waals surface area contributed by atoms with E-state index in [9.17, 15) is 4.79 Å². The van der Waals surface area contributed by atoms with E-state index in [1.807, 2.05) is 0 Å². The van der Waals surface area contributed by atoms with Crippen molar-refractivity contribution in [2.24, 2.45) is 0 Å². The van der Waals surface area contributed by atoms with Gasteiger partial charge in [-0.05, 0) is 0 Å². The number of nitrogens with zero attached hydrogens (tertiary/aromatic N) is 1. The minimum Gasteiger partial charge on any atom is -0.363 e. The van der Waals surface area contributed by atoms with E-state index in [2.05, 4.69) is 30.9 Å². The fourth-order valence-corrected chi connectivity index (χ4v) is 0.928. The number of alkyl halides is 1. The van der Waals surface area contributed by atoms with Crippen molar-refractivity contribution in [2.45, 2.75) is 6.42 Å². The number of amides is 1. The maximum atomic E-state index is 10.9. The van der Waals surface area contributed by atoms with Gasteiger partial charge < -0.3 is 9.84 Å². The highest BCUT2D eigenvalue weighted by Gasteiger charge is 2.01. The Kier molecular flexibility index (Phi) is 3.10. The Balaban J connectivity index is 2.37. The second kappa shape index (κ2) is 4.12. The average molecular weight is 219 g/mol. The van der Waals surface area contributed by atoms with E-state index in [0.717, 1.165) is 0 Å². The maximum Gasteiger partial charge on any atom is 0.226 e. The molecule has 1 amide bonds. The van der Waals surface area contributed by atoms with E-state index in [4.69, 9.17) is 0 Å². The first-order chi connectivity index (χ1) is 5.33. The van der Waals surface area contributed by atoms with Crippen LogP contribution in [0.25, 0.3) is 0 Å². The second-order valence-corrected chi connectivity index (χ2v) is 2.66. The molecule has 0 bridgehead atoms. The summed E-state index contributed by atoms with van der Waals surface area (Å²) in [5, 5.41) is 6.71. The highest BCUT2D eigenvalue weighted by Crippen LogP contribution is 2.01. The third-order valence-corrected chi connectivity index (χ3v) is 1.42. The van der Waals surface area contributed by atoms with E-state index in [-0.39, 0.29) is 5.91 Å². The smallest absolute Gasteiger partial charge is 0.226 e. The highest BCUT2D eigenvalue weighted by molar-refractivity contribution is 9.09. The molecular weight excluding hydrogens is 212 g/mol. The van der Waals surface area contributed by atoms with Crippen molar-refractivity contribution in [1.82, 2.24) is 5.16 Å². The van der Waals surface area contributed by atoms with Gasteiger partial charge in [-0.1, -0.05) is 21.1 Å². The lowest BCUT2D eigenvalue weighted by atomic mass is 10.4. The number of carbonyl (C=O) groups is 1. The Bertz CT molecular complexity index is 222. The number of rotatable bonds is 3. The lowest BCUT2D eigenvalue weighted by molar-refractivity contribution is -0.115. The van der Waals surface area contributed by atoms with Gasteiger partial charge in [-0.2, -0.15) is 0 Å². The quantitative estimate of drug-likeness (QED) is 0.781. The van der Waals surface area contributed by atoms with Gasteiger partial charge >= 0.3 is 0 Å². The lowest BCUT2D eigenvalue weighted by Gasteiger charge is -1.96. The molecular formula is C6H7BrN2O2. The van der Waals surface area contributed by atoms with E-state index in [1.54, 1.807) is 6.07 Å². The van der Waals surface area contributed by atoms with Gasteiger partial charge in [-0.15, -0.1) is 0 Å². The van der Waals surface area contributed by atoms with Gasteiger partial charge in [-0.3, -0.25) is 4.79 Å². The molecule has 11 heavy (non-hydrogen) atoms. The summed E-state index contributed by atoms with van der Waals surface area (Å²) in [6, 6.07) is 1.59. The van der Waals surface area contributed by atoms with E-state index >= 15 is 0 Å². The molecule has 4 nitrogen and oxygen atoms in total. The molecule has 1 N–H and O–H groups in total. The topological polar surface area (TPSA) is 55.1 Å². The van der Waals surface area contributed by atoms with Crippen molar-refractivity contribution in [1.29, 1.82) is 0 Å². The third kappa shape index (κ3) is 2.71. The van der Waals surface area contributed by atoms with Crippen LogP contribution in [-0.2, 0) is 4.79 Å². The largest absolute Gasteiger partial charge is 0.363 e. The number of nitrogens with one attached hydrogen (secondary N) is 1. The van der Waals surface area contributed by atoms with Crippen LogP contribution in [0.15, 0.2) is 16.9 Å². The van der Waals surface area contributed by atoms with Gasteiger partial charge in [0.15, 0.2) is 5.82 Å². The molecule has 1 aromatic rings. The molecule has 0 atom stereocenters. The summed E-state index contributed by atoms with van der Waals surface area (Å²) < 4.78 is 4.52. The zero-order valence-electron chi connectivity index (χ0n) is 5.71. The van der Waals surface area contributed by atoms with Gasteiger partial charge in [0.1, 0.15) is 6.26 Å². The SMILES string of the molecule is O=C(CCBr)Nc1ccon1. The minimum atomic E-state index is -0.0734. The van der Waals surface area contributed by atoms with Crippen LogP contribution in [0, 0.1) is 0 Å². The van der Waals surface area contributed by atoms with Crippen LogP contribution in [0.4, 0.5) is 5.82 Å². The molecule has 0 aliphatic carbocycles. The maximum absolute atomic E-state index is 10.9. The molecule has 0 aliphatic heterocycles. The lowest BCUT2D eigenvalue weighted by Crippen LogP contribution is -2.11. The average Bonchev–Trinajstić information content (AvgIpc) is 2.40. The summed E-state index contributed by atoms with van der Waals surface area (Å²) in [6.45, 7) is 0. The summed E-state index contributed by atoms with van der Waals surface area (Å²) in [4.78, 5) is 10.9. The highest BCUT2D eigenvalue weighted by atomic mass is 79.9. The molecule has 1 rings (SSSR count). The predicted molar refractivity (Wildman–Crippen MR) is 43.5 cm³/mol. The van der Waals surface area contributed by atoms with Crippen molar-refractivity contribution in [2.75, 3.05) is 10.6 Å². The molecule has 1 heterocycles. The van der Waals surface area contributed by atoms with Crippen LogP contribution in [0.3, 0.4) is 0 Å². The third-order valence-electron chi connectivity index (χ3n) is 1.03. The normalized spacial score (nSPS) is 9.55. The van der Waals surface area contributed by atoms with Gasteiger partial charge in [0, 0.05) is 17.8 Å². The number of anilines is 1. The summed E-state index contributed by atoms with van der Waals surface area (Å²) >= 11 is 3.15. The number of halogens is 1. The van der Waals surface area contributed by atoms with Gasteiger partial charge in [0.05, 0.1) is 0 Å². The Morgan fingerprint density at radius 1 is 1.82 bits per heavy atom. The zero-order chi connectivity index (χ0) is 8.10. The van der Waals surface area contributed by atoms with E-state index in [1.165, 1.54) is 6.26 Å². The molecule has 60 valence electrons. The first kappa shape index (κ1) is 8.26. The molecule has 0 unspecified atom stereocenters. The summed E-state index contributed by atoms with van der Waals surface area (Å²) in [6.07, 6.45) is 1.84. The number of carbonyl (C=O) groups excluding carboxylic acids is 1. The molecule has 0 saturated heterocycles. The monoisotopic (exact) mass is 218 g/mol. The van der Waals surface area contributed by atoms with Crippen LogP contribution in [-0.4, -0.2) is 16.4 Å². The van der Waals surface area contributed by atoms with Gasteiger partial charge in [0.25, 0.3) is 0 Å². The van der Waals surface area contributed by atoms with Crippen LogP contribution < -0.4 is 5.32 Å². The minimum absolute atomic E-state index is 0.0734. The van der Waals surface area contributed by atoms with Crippen LogP contribution in [0.2, 0.25) is 0 Å². The van der Waals surface area contributed by atoms with Crippen molar-refractivity contribution in [3.8, 4) is 0 Å². The fourth-order valence-electron chi connectivity index (χ4n) is 0.568. The summed E-state index contributed by atoms with van der Waals surface area (Å²) in [5.41, 5.74) is 0. The number of hydrogen-bond donors (Lipinski definition) is 1. The Morgan fingerprint density at radius 2 is 2.64 bits per heavy atom. The Hall–Kier alpha value is -0.840. The molecule has 0 radical (unpaired) electrons. The molecule has 0 aromatic carbocycles. The first-order valence-corrected chi connectivity index (χ1v) is 4.21. The number of hydrogen-bond acceptors (Lipinski definition) is 3. The van der Waals surface area contributed by atoms with E-state index < -0.39 is 0 Å². The molecule has 0 fully saturated rings. The summed E-state index contributed by atoms with van der Waals surface area (Å²) in [7, 11) is 0. The number of aromatic nitrogens is 1. The van der Waals surface area contributed by atoms with Crippen molar-refractivity contribution in [3.05, 3.63) is 12.3 Å². The standard InChI is InChI=1S/C6H7BrN2O2/c7-3-1-6(10)8-5-2-4-11-9-5/h2,4H,1,3H2,(H,8,9,10).